The van der Waals surface area contributed by atoms with Crippen molar-refractivity contribution in [1.29, 1.82) is 0 Å². The molecule has 0 aliphatic carbocycles. The summed E-state index contributed by atoms with van der Waals surface area (Å²) >= 11 is 5.68. The Labute approximate surface area is 144 Å². The van der Waals surface area contributed by atoms with Crippen LogP contribution in [0.25, 0.3) is 0 Å². The van der Waals surface area contributed by atoms with E-state index in [9.17, 15) is 17.6 Å². The summed E-state index contributed by atoms with van der Waals surface area (Å²) in [5.74, 6) is 0. The Morgan fingerprint density at radius 1 is 1.18 bits per heavy atom. The standard InChI is InChI=1S/C13H15ClF4N2.2ClH/c14-11-7-9(1-2-10(11)13(16,17)18)12(8-15)20-5-3-19-4-6-20;;/h1-2,7,12,19H,3-6,8H2;2*1H/t12-;;/m0../s1. The van der Waals surface area contributed by atoms with Crippen LogP contribution in [0.2, 0.25) is 5.02 Å². The van der Waals surface area contributed by atoms with Gasteiger partial charge in [-0.05, 0) is 17.7 Å². The monoisotopic (exact) mass is 382 g/mol. The molecule has 22 heavy (non-hydrogen) atoms. The summed E-state index contributed by atoms with van der Waals surface area (Å²) in [7, 11) is 0. The highest BCUT2D eigenvalue weighted by atomic mass is 35.5. The molecule has 0 amide bonds. The first-order chi connectivity index (χ1) is 9.43. The van der Waals surface area contributed by atoms with Gasteiger partial charge in [0.1, 0.15) is 6.67 Å². The lowest BCUT2D eigenvalue weighted by molar-refractivity contribution is -0.137. The first kappa shape index (κ1) is 21.7. The van der Waals surface area contributed by atoms with Crippen LogP contribution in [0, 0.1) is 0 Å². The van der Waals surface area contributed by atoms with Gasteiger partial charge in [0, 0.05) is 26.2 Å². The normalized spacial score (nSPS) is 17.3. The second kappa shape index (κ2) is 9.13. The molecule has 1 fully saturated rings. The van der Waals surface area contributed by atoms with Crippen LogP contribution in [0.3, 0.4) is 0 Å². The van der Waals surface area contributed by atoms with Crippen LogP contribution in [-0.2, 0) is 6.18 Å². The van der Waals surface area contributed by atoms with Gasteiger partial charge in [0.15, 0.2) is 0 Å². The van der Waals surface area contributed by atoms with Gasteiger partial charge in [-0.2, -0.15) is 13.2 Å². The minimum absolute atomic E-state index is 0. The highest BCUT2D eigenvalue weighted by Crippen LogP contribution is 2.36. The molecule has 0 saturated carbocycles. The molecule has 0 radical (unpaired) electrons. The van der Waals surface area contributed by atoms with E-state index < -0.39 is 24.5 Å². The van der Waals surface area contributed by atoms with Gasteiger partial charge >= 0.3 is 6.18 Å². The SMILES string of the molecule is Cl.Cl.FC[C@@H](c1ccc(C(F)(F)F)c(Cl)c1)N1CCNCC1. The smallest absolute Gasteiger partial charge is 0.314 e. The molecular weight excluding hydrogens is 367 g/mol. The predicted molar refractivity (Wildman–Crippen MR) is 84.1 cm³/mol. The van der Waals surface area contributed by atoms with Gasteiger partial charge in [-0.25, -0.2) is 4.39 Å². The Balaban J connectivity index is 0.00000220. The molecule has 1 aromatic carbocycles. The molecule has 1 N–H and O–H groups in total. The topological polar surface area (TPSA) is 15.3 Å². The van der Waals surface area contributed by atoms with E-state index >= 15 is 0 Å². The van der Waals surface area contributed by atoms with Crippen molar-refractivity contribution in [2.24, 2.45) is 0 Å². The van der Waals surface area contributed by atoms with Crippen molar-refractivity contribution in [3.8, 4) is 0 Å². The molecule has 2 rings (SSSR count). The molecule has 2 nitrogen and oxygen atoms in total. The third-order valence-electron chi connectivity index (χ3n) is 3.42. The van der Waals surface area contributed by atoms with E-state index in [2.05, 4.69) is 5.32 Å². The van der Waals surface area contributed by atoms with E-state index in [-0.39, 0.29) is 29.8 Å². The minimum Gasteiger partial charge on any atom is -0.314 e. The molecule has 1 heterocycles. The number of benzene rings is 1. The number of piperazine rings is 1. The molecule has 1 aliphatic heterocycles. The molecule has 9 heteroatoms. The maximum Gasteiger partial charge on any atom is 0.417 e. The Morgan fingerprint density at radius 2 is 1.77 bits per heavy atom. The fourth-order valence-electron chi connectivity index (χ4n) is 2.36. The van der Waals surface area contributed by atoms with Gasteiger partial charge in [-0.15, -0.1) is 24.8 Å². The van der Waals surface area contributed by atoms with E-state index in [1.165, 1.54) is 12.1 Å². The summed E-state index contributed by atoms with van der Waals surface area (Å²) in [5, 5.41) is 2.76. The molecule has 1 aromatic rings. The van der Waals surface area contributed by atoms with Gasteiger partial charge in [0.05, 0.1) is 16.6 Å². The molecule has 0 unspecified atom stereocenters. The number of halogens is 7. The number of hydrogen-bond acceptors (Lipinski definition) is 2. The Bertz CT molecular complexity index is 465. The molecular formula is C13H17Cl3F4N2. The van der Waals surface area contributed by atoms with Gasteiger partial charge in [-0.3, -0.25) is 4.90 Å². The fourth-order valence-corrected chi connectivity index (χ4v) is 2.66. The van der Waals surface area contributed by atoms with Crippen molar-refractivity contribution >= 4 is 36.4 Å². The number of nitrogens with zero attached hydrogens (tertiary/aromatic N) is 1. The first-order valence-electron chi connectivity index (χ1n) is 6.31. The van der Waals surface area contributed by atoms with E-state index in [0.29, 0.717) is 18.7 Å². The van der Waals surface area contributed by atoms with E-state index in [1.54, 1.807) is 0 Å². The van der Waals surface area contributed by atoms with Gasteiger partial charge < -0.3 is 5.32 Å². The van der Waals surface area contributed by atoms with Crippen molar-refractivity contribution in [1.82, 2.24) is 10.2 Å². The lowest BCUT2D eigenvalue weighted by Crippen LogP contribution is -2.45. The predicted octanol–water partition coefficient (Wildman–Crippen LogP) is 4.12. The Kier molecular flexibility index (Phi) is 9.02. The zero-order chi connectivity index (χ0) is 14.8. The molecule has 0 spiro atoms. The molecule has 1 atom stereocenters. The number of nitrogens with one attached hydrogen (secondary N) is 1. The van der Waals surface area contributed by atoms with Gasteiger partial charge in [-0.1, -0.05) is 17.7 Å². The summed E-state index contributed by atoms with van der Waals surface area (Å²) in [6.07, 6.45) is -4.49. The van der Waals surface area contributed by atoms with Gasteiger partial charge in [0.2, 0.25) is 0 Å². The van der Waals surface area contributed by atoms with E-state index in [1.807, 2.05) is 4.90 Å². The minimum atomic E-state index is -4.49. The van der Waals surface area contributed by atoms with Crippen molar-refractivity contribution in [3.63, 3.8) is 0 Å². The van der Waals surface area contributed by atoms with Gasteiger partial charge in [0.25, 0.3) is 0 Å². The van der Waals surface area contributed by atoms with Crippen LogP contribution in [0.5, 0.6) is 0 Å². The van der Waals surface area contributed by atoms with E-state index in [0.717, 1.165) is 19.2 Å². The lowest BCUT2D eigenvalue weighted by atomic mass is 10.0. The van der Waals surface area contributed by atoms with E-state index in [4.69, 9.17) is 11.6 Å². The maximum absolute atomic E-state index is 13.3. The third kappa shape index (κ3) is 5.13. The second-order valence-electron chi connectivity index (χ2n) is 4.69. The second-order valence-corrected chi connectivity index (χ2v) is 5.10. The number of rotatable bonds is 3. The summed E-state index contributed by atoms with van der Waals surface area (Å²) < 4.78 is 51.2. The molecule has 1 aliphatic rings. The lowest BCUT2D eigenvalue weighted by Gasteiger charge is -2.33. The van der Waals surface area contributed by atoms with Crippen LogP contribution in [0.15, 0.2) is 18.2 Å². The molecule has 0 aromatic heterocycles. The van der Waals surface area contributed by atoms with Crippen LogP contribution in [0.4, 0.5) is 17.6 Å². The molecule has 1 saturated heterocycles. The summed E-state index contributed by atoms with van der Waals surface area (Å²) in [6, 6.07) is 2.90. The quantitative estimate of drug-likeness (QED) is 0.790. The van der Waals surface area contributed by atoms with Crippen molar-refractivity contribution in [2.45, 2.75) is 12.2 Å². The first-order valence-corrected chi connectivity index (χ1v) is 6.68. The van der Waals surface area contributed by atoms with Crippen molar-refractivity contribution < 1.29 is 17.6 Å². The van der Waals surface area contributed by atoms with Crippen LogP contribution in [-0.4, -0.2) is 37.8 Å². The van der Waals surface area contributed by atoms with Crippen molar-refractivity contribution in [3.05, 3.63) is 34.3 Å². The van der Waals surface area contributed by atoms with Crippen LogP contribution >= 0.6 is 36.4 Å². The zero-order valence-electron chi connectivity index (χ0n) is 11.5. The zero-order valence-corrected chi connectivity index (χ0v) is 13.9. The van der Waals surface area contributed by atoms with Crippen molar-refractivity contribution in [2.75, 3.05) is 32.9 Å². The number of alkyl halides is 4. The third-order valence-corrected chi connectivity index (χ3v) is 3.73. The largest absolute Gasteiger partial charge is 0.417 e. The highest BCUT2D eigenvalue weighted by Gasteiger charge is 2.33. The molecule has 128 valence electrons. The van der Waals surface area contributed by atoms with Crippen LogP contribution < -0.4 is 5.32 Å². The summed E-state index contributed by atoms with van der Waals surface area (Å²) in [5.41, 5.74) is -0.409. The number of hydrogen-bond donors (Lipinski definition) is 1. The Morgan fingerprint density at radius 3 is 2.23 bits per heavy atom. The Hall–Kier alpha value is -0.270. The highest BCUT2D eigenvalue weighted by molar-refractivity contribution is 6.31. The fraction of sp³-hybridized carbons (Fsp3) is 0.538. The average Bonchev–Trinajstić information content (AvgIpc) is 2.39. The maximum atomic E-state index is 13.3. The van der Waals surface area contributed by atoms with Crippen LogP contribution in [0.1, 0.15) is 17.2 Å². The average molecular weight is 384 g/mol. The summed E-state index contributed by atoms with van der Waals surface area (Å²) in [4.78, 5) is 1.91. The summed E-state index contributed by atoms with van der Waals surface area (Å²) in [6.45, 7) is 2.15. The molecule has 0 bridgehead atoms.